The van der Waals surface area contributed by atoms with Gasteiger partial charge in [-0.15, -0.1) is 0 Å². The van der Waals surface area contributed by atoms with Crippen molar-refractivity contribution in [1.82, 2.24) is 0 Å². The van der Waals surface area contributed by atoms with Crippen LogP contribution in [-0.2, 0) is 0 Å². The van der Waals surface area contributed by atoms with Crippen LogP contribution in [0, 0.1) is 0 Å². The number of carbonyl (C=O) groups excluding carboxylic acids is 4. The van der Waals surface area contributed by atoms with E-state index in [1.165, 1.54) is 48.5 Å². The van der Waals surface area contributed by atoms with Gasteiger partial charge in [0, 0.05) is 0 Å². The summed E-state index contributed by atoms with van der Waals surface area (Å²) in [5.41, 5.74) is 0.880. The van der Waals surface area contributed by atoms with Gasteiger partial charge in [0.2, 0.25) is 0 Å². The maximum atomic E-state index is 10.1. The molecule has 0 saturated heterocycles. The maximum Gasteiger partial charge on any atom is 4.00 e. The Kier molecular flexibility index (Phi) is 15.8. The molecule has 4 aromatic rings. The molecule has 0 saturated carbocycles. The molecule has 0 aliphatic heterocycles. The van der Waals surface area contributed by atoms with Gasteiger partial charge in [-0.2, -0.15) is 0 Å². The average molecular weight is 513 g/mol. The smallest absolute Gasteiger partial charge is 0.545 e. The Hall–Kier alpha value is -5.02. The maximum absolute atomic E-state index is 10.1. The Bertz CT molecular complexity index is 1020. The first-order valence-electron chi connectivity index (χ1n) is 10.3. The molecular weight excluding hydrogens is 492 g/mol. The van der Waals surface area contributed by atoms with Gasteiger partial charge in [0.1, 0.15) is 0 Å². The first-order valence-corrected chi connectivity index (χ1v) is 10.3. The minimum atomic E-state index is -1.13. The molecule has 0 aliphatic rings. The van der Waals surface area contributed by atoms with E-state index in [0.717, 1.165) is 0 Å². The fraction of sp³-hybridized carbons (Fsp3) is 0. The van der Waals surface area contributed by atoms with Crippen LogP contribution in [0.1, 0.15) is 41.4 Å². The van der Waals surface area contributed by atoms with Gasteiger partial charge in [-0.25, -0.2) is 0 Å². The number of hydrogen-bond donors (Lipinski definition) is 0. The van der Waals surface area contributed by atoms with Crippen LogP contribution in [0.2, 0.25) is 0 Å². The standard InChI is InChI=1S/4C7H6O2.Si/c4*8-7(9)6-4-2-1-3-5-6;/h4*1-5H,(H,8,9);/q;;;;+4/p-4. The van der Waals surface area contributed by atoms with E-state index >= 15 is 0 Å². The normalized spacial score (nSPS) is 8.65. The minimum Gasteiger partial charge on any atom is -0.545 e. The molecule has 0 unspecified atom stereocenters. The molecule has 0 spiro atoms. The predicted molar refractivity (Wildman–Crippen MR) is 129 cm³/mol. The van der Waals surface area contributed by atoms with Gasteiger partial charge in [-0.05, 0) is 22.3 Å². The van der Waals surface area contributed by atoms with Gasteiger partial charge in [0.05, 0.1) is 23.9 Å². The number of aromatic carboxylic acids is 4. The molecule has 184 valence electrons. The molecule has 0 radical (unpaired) electrons. The third-order valence-electron chi connectivity index (χ3n) is 4.04. The molecule has 0 amide bonds. The summed E-state index contributed by atoms with van der Waals surface area (Å²) >= 11 is 0. The van der Waals surface area contributed by atoms with E-state index in [1.807, 2.05) is 0 Å². The Morgan fingerprint density at radius 1 is 0.324 bits per heavy atom. The summed E-state index contributed by atoms with van der Waals surface area (Å²) in [6, 6.07) is 32.3. The molecule has 0 heterocycles. The van der Waals surface area contributed by atoms with Crippen LogP contribution in [-0.4, -0.2) is 34.8 Å². The SMILES string of the molecule is O=C([O-])c1ccccc1.O=C([O-])c1ccccc1.O=C([O-])c1ccccc1.O=C([O-])c1ccccc1.[Si+4]. The van der Waals surface area contributed by atoms with Crippen molar-refractivity contribution in [3.8, 4) is 0 Å². The Morgan fingerprint density at radius 2 is 0.459 bits per heavy atom. The van der Waals surface area contributed by atoms with Crippen molar-refractivity contribution in [2.24, 2.45) is 0 Å². The first-order chi connectivity index (χ1) is 17.2. The van der Waals surface area contributed by atoms with Gasteiger partial charge >= 0.3 is 11.0 Å². The van der Waals surface area contributed by atoms with Gasteiger partial charge in [0.15, 0.2) is 0 Å². The van der Waals surface area contributed by atoms with Crippen molar-refractivity contribution in [3.05, 3.63) is 144 Å². The number of carboxylic acid groups (broad SMARTS) is 4. The molecule has 4 aromatic carbocycles. The zero-order valence-electron chi connectivity index (χ0n) is 19.3. The minimum absolute atomic E-state index is 0. The van der Waals surface area contributed by atoms with Gasteiger partial charge in [-0.1, -0.05) is 121 Å². The monoisotopic (exact) mass is 512 g/mol. The molecule has 9 heteroatoms. The third kappa shape index (κ3) is 14.1. The first kappa shape index (κ1) is 32.0. The molecular formula is C28H20O8Si. The van der Waals surface area contributed by atoms with Crippen molar-refractivity contribution in [2.45, 2.75) is 0 Å². The Labute approximate surface area is 218 Å². The number of hydrogen-bond acceptors (Lipinski definition) is 8. The van der Waals surface area contributed by atoms with Crippen LogP contribution in [0.25, 0.3) is 0 Å². The molecule has 0 N–H and O–H groups in total. The van der Waals surface area contributed by atoms with E-state index in [4.69, 9.17) is 0 Å². The molecule has 37 heavy (non-hydrogen) atoms. The van der Waals surface area contributed by atoms with Crippen LogP contribution in [0.15, 0.2) is 121 Å². The second-order valence-electron chi connectivity index (χ2n) is 6.61. The molecule has 0 aromatic heterocycles. The Morgan fingerprint density at radius 3 is 0.541 bits per heavy atom. The summed E-state index contributed by atoms with van der Waals surface area (Å²) in [5.74, 6) is -4.52. The number of rotatable bonds is 4. The molecule has 0 atom stereocenters. The van der Waals surface area contributed by atoms with E-state index < -0.39 is 23.9 Å². The topological polar surface area (TPSA) is 161 Å². The van der Waals surface area contributed by atoms with Crippen LogP contribution < -0.4 is 20.4 Å². The average Bonchev–Trinajstić information content (AvgIpc) is 2.92. The number of carbonyl (C=O) groups is 4. The van der Waals surface area contributed by atoms with Crippen LogP contribution in [0.5, 0.6) is 0 Å². The van der Waals surface area contributed by atoms with Crippen molar-refractivity contribution in [3.63, 3.8) is 0 Å². The summed E-state index contributed by atoms with van der Waals surface area (Å²) in [6.07, 6.45) is 0. The van der Waals surface area contributed by atoms with Crippen molar-refractivity contribution < 1.29 is 39.6 Å². The largest absolute Gasteiger partial charge is 4.00 e. The molecule has 0 fully saturated rings. The zero-order valence-corrected chi connectivity index (χ0v) is 20.3. The third-order valence-corrected chi connectivity index (χ3v) is 4.04. The Balaban J connectivity index is 0.000000463. The second kappa shape index (κ2) is 18.3. The van der Waals surface area contributed by atoms with E-state index in [2.05, 4.69) is 0 Å². The fourth-order valence-corrected chi connectivity index (χ4v) is 2.30. The van der Waals surface area contributed by atoms with Gasteiger partial charge in [-0.3, -0.25) is 0 Å². The summed E-state index contributed by atoms with van der Waals surface area (Å²) in [6.45, 7) is 0. The summed E-state index contributed by atoms with van der Waals surface area (Å²) < 4.78 is 0. The second-order valence-corrected chi connectivity index (χ2v) is 6.61. The summed E-state index contributed by atoms with van der Waals surface area (Å²) in [4.78, 5) is 40.4. The van der Waals surface area contributed by atoms with Gasteiger partial charge < -0.3 is 39.6 Å². The molecule has 0 bridgehead atoms. The van der Waals surface area contributed by atoms with E-state index in [1.54, 1.807) is 72.8 Å². The van der Waals surface area contributed by atoms with Gasteiger partial charge in [0.25, 0.3) is 0 Å². The molecule has 4 rings (SSSR count). The van der Waals surface area contributed by atoms with Crippen LogP contribution in [0.4, 0.5) is 0 Å². The van der Waals surface area contributed by atoms with Crippen molar-refractivity contribution >= 4 is 34.8 Å². The zero-order chi connectivity index (χ0) is 26.8. The number of carboxylic acids is 4. The summed E-state index contributed by atoms with van der Waals surface area (Å²) in [5, 5.41) is 40.4. The van der Waals surface area contributed by atoms with Crippen molar-refractivity contribution in [2.75, 3.05) is 0 Å². The van der Waals surface area contributed by atoms with Crippen LogP contribution >= 0.6 is 0 Å². The quantitative estimate of drug-likeness (QED) is 0.340. The predicted octanol–water partition coefficient (Wildman–Crippen LogP) is -0.180. The molecule has 8 nitrogen and oxygen atoms in total. The van der Waals surface area contributed by atoms with E-state index in [0.29, 0.717) is 0 Å². The van der Waals surface area contributed by atoms with E-state index in [9.17, 15) is 39.6 Å². The molecule has 0 aliphatic carbocycles. The van der Waals surface area contributed by atoms with Crippen molar-refractivity contribution in [1.29, 1.82) is 0 Å². The summed E-state index contributed by atoms with van der Waals surface area (Å²) in [7, 11) is 0. The van der Waals surface area contributed by atoms with Crippen LogP contribution in [0.3, 0.4) is 0 Å². The van der Waals surface area contributed by atoms with E-state index in [-0.39, 0.29) is 33.2 Å². The fourth-order valence-electron chi connectivity index (χ4n) is 2.30. The number of benzene rings is 4.